The Labute approximate surface area is 107 Å². The van der Waals surface area contributed by atoms with E-state index in [0.717, 1.165) is 35.9 Å². The van der Waals surface area contributed by atoms with Crippen molar-refractivity contribution in [2.24, 2.45) is 0 Å². The van der Waals surface area contributed by atoms with Crippen molar-refractivity contribution in [3.05, 3.63) is 21.8 Å². The second-order valence-corrected chi connectivity index (χ2v) is 6.26. The monoisotopic (exact) mass is 267 g/mol. The third-order valence-corrected chi connectivity index (χ3v) is 4.91. The highest BCUT2D eigenvalue weighted by atomic mass is 32.2. The van der Waals surface area contributed by atoms with Gasteiger partial charge in [-0.15, -0.1) is 11.3 Å². The molecule has 1 fully saturated rings. The average molecular weight is 267 g/mol. The van der Waals surface area contributed by atoms with E-state index < -0.39 is 0 Å². The molecule has 2 aromatic rings. The Morgan fingerprint density at radius 2 is 2.24 bits per heavy atom. The zero-order valence-electron chi connectivity index (χ0n) is 9.23. The predicted molar refractivity (Wildman–Crippen MR) is 72.0 cm³/mol. The van der Waals surface area contributed by atoms with Crippen molar-refractivity contribution >= 4 is 33.3 Å². The summed E-state index contributed by atoms with van der Waals surface area (Å²) in [5, 5.41) is 7.27. The molecule has 0 amide bonds. The van der Waals surface area contributed by atoms with Crippen LogP contribution >= 0.6 is 23.1 Å². The van der Waals surface area contributed by atoms with Gasteiger partial charge in [0.1, 0.15) is 4.83 Å². The van der Waals surface area contributed by atoms with Crippen LogP contribution in [0.5, 0.6) is 0 Å². The van der Waals surface area contributed by atoms with Crippen LogP contribution in [0.1, 0.15) is 12.8 Å². The molecular weight excluding hydrogens is 254 g/mol. The van der Waals surface area contributed by atoms with Gasteiger partial charge in [0, 0.05) is 5.25 Å². The summed E-state index contributed by atoms with van der Waals surface area (Å²) in [5.41, 5.74) is -0.0207. The van der Waals surface area contributed by atoms with Gasteiger partial charge in [0.15, 0.2) is 5.16 Å². The number of nitrogens with zero attached hydrogens (tertiary/aromatic N) is 1. The Kier molecular flexibility index (Phi) is 3.17. The number of aromatic amines is 1. The lowest BCUT2D eigenvalue weighted by atomic mass is 10.2. The van der Waals surface area contributed by atoms with Crippen molar-refractivity contribution in [3.8, 4) is 0 Å². The molecule has 0 saturated carbocycles. The van der Waals surface area contributed by atoms with Gasteiger partial charge in [0.05, 0.1) is 5.39 Å². The third kappa shape index (κ3) is 2.38. The summed E-state index contributed by atoms with van der Waals surface area (Å²) >= 11 is 3.22. The number of nitrogens with one attached hydrogen (secondary N) is 2. The highest BCUT2D eigenvalue weighted by Gasteiger charge is 2.16. The molecule has 4 nitrogen and oxygen atoms in total. The molecule has 3 rings (SSSR count). The Morgan fingerprint density at radius 1 is 1.41 bits per heavy atom. The number of aromatic nitrogens is 2. The number of piperidine rings is 1. The van der Waals surface area contributed by atoms with Crippen LogP contribution in [0.4, 0.5) is 0 Å². The van der Waals surface area contributed by atoms with Crippen molar-refractivity contribution in [1.29, 1.82) is 0 Å². The summed E-state index contributed by atoms with van der Waals surface area (Å²) in [4.78, 5) is 20.0. The second kappa shape index (κ2) is 4.80. The summed E-state index contributed by atoms with van der Waals surface area (Å²) < 4.78 is 0. The van der Waals surface area contributed by atoms with Crippen molar-refractivity contribution in [2.45, 2.75) is 23.2 Å². The lowest BCUT2D eigenvalue weighted by Gasteiger charge is -2.21. The molecule has 0 aliphatic carbocycles. The maximum Gasteiger partial charge on any atom is 0.260 e. The number of fused-ring (bicyclic) bond motifs is 1. The molecule has 0 atom stereocenters. The molecule has 1 aliphatic heterocycles. The first-order valence-corrected chi connectivity index (χ1v) is 7.44. The van der Waals surface area contributed by atoms with Gasteiger partial charge in [0.25, 0.3) is 5.56 Å². The van der Waals surface area contributed by atoms with Crippen LogP contribution in [-0.2, 0) is 0 Å². The van der Waals surface area contributed by atoms with Crippen LogP contribution in [0, 0.1) is 0 Å². The van der Waals surface area contributed by atoms with Gasteiger partial charge in [-0.3, -0.25) is 4.79 Å². The maximum absolute atomic E-state index is 11.8. The summed E-state index contributed by atoms with van der Waals surface area (Å²) in [6, 6.07) is 1.82. The molecule has 2 aromatic heterocycles. The van der Waals surface area contributed by atoms with E-state index in [0.29, 0.717) is 10.6 Å². The molecule has 0 spiro atoms. The number of rotatable bonds is 2. The number of thioether (sulfide) groups is 1. The molecule has 90 valence electrons. The first-order valence-electron chi connectivity index (χ1n) is 5.68. The zero-order valence-corrected chi connectivity index (χ0v) is 10.9. The minimum absolute atomic E-state index is 0.0207. The lowest BCUT2D eigenvalue weighted by Crippen LogP contribution is -2.29. The molecule has 6 heteroatoms. The molecule has 0 aromatic carbocycles. The van der Waals surface area contributed by atoms with E-state index in [1.165, 1.54) is 11.3 Å². The first kappa shape index (κ1) is 11.3. The summed E-state index contributed by atoms with van der Waals surface area (Å²) in [5.74, 6) is 0. The summed E-state index contributed by atoms with van der Waals surface area (Å²) in [6.07, 6.45) is 2.27. The van der Waals surface area contributed by atoms with Crippen molar-refractivity contribution in [3.63, 3.8) is 0 Å². The first-order chi connectivity index (χ1) is 8.33. The van der Waals surface area contributed by atoms with Crippen LogP contribution in [0.3, 0.4) is 0 Å². The Morgan fingerprint density at radius 3 is 3.06 bits per heavy atom. The quantitative estimate of drug-likeness (QED) is 0.815. The molecule has 3 heterocycles. The molecule has 0 unspecified atom stereocenters. The Bertz CT molecular complexity index is 571. The average Bonchev–Trinajstić information content (AvgIpc) is 2.79. The van der Waals surface area contributed by atoms with Crippen molar-refractivity contribution in [1.82, 2.24) is 15.3 Å². The van der Waals surface area contributed by atoms with E-state index in [1.807, 2.05) is 11.4 Å². The van der Waals surface area contributed by atoms with Gasteiger partial charge in [0.2, 0.25) is 0 Å². The third-order valence-electron chi connectivity index (χ3n) is 2.88. The Balaban J connectivity index is 1.87. The van der Waals surface area contributed by atoms with Crippen LogP contribution in [0.25, 0.3) is 10.2 Å². The van der Waals surface area contributed by atoms with Crippen molar-refractivity contribution < 1.29 is 0 Å². The van der Waals surface area contributed by atoms with E-state index in [-0.39, 0.29) is 5.56 Å². The van der Waals surface area contributed by atoms with Gasteiger partial charge >= 0.3 is 0 Å². The highest BCUT2D eigenvalue weighted by molar-refractivity contribution is 7.99. The number of hydrogen-bond donors (Lipinski definition) is 2. The van der Waals surface area contributed by atoms with E-state index in [4.69, 9.17) is 0 Å². The predicted octanol–water partition coefficient (Wildman–Crippen LogP) is 1.83. The smallest absolute Gasteiger partial charge is 0.260 e. The standard InChI is InChI=1S/C11H13N3OS2/c15-9-8-3-6-16-10(8)14-11(13-9)17-7-1-4-12-5-2-7/h3,6-7,12H,1-2,4-5H2,(H,13,14,15). The van der Waals surface area contributed by atoms with Gasteiger partial charge in [-0.25, -0.2) is 4.98 Å². The number of H-pyrrole nitrogens is 1. The van der Waals surface area contributed by atoms with Crippen molar-refractivity contribution in [2.75, 3.05) is 13.1 Å². The minimum Gasteiger partial charge on any atom is -0.317 e. The number of hydrogen-bond acceptors (Lipinski definition) is 5. The summed E-state index contributed by atoms with van der Waals surface area (Å²) in [7, 11) is 0. The molecule has 17 heavy (non-hydrogen) atoms. The van der Waals surface area contributed by atoms with Gasteiger partial charge in [-0.1, -0.05) is 11.8 Å². The number of thiophene rings is 1. The van der Waals surface area contributed by atoms with E-state index in [9.17, 15) is 4.79 Å². The van der Waals surface area contributed by atoms with E-state index in [2.05, 4.69) is 15.3 Å². The largest absolute Gasteiger partial charge is 0.317 e. The normalized spacial score (nSPS) is 17.6. The maximum atomic E-state index is 11.8. The van der Waals surface area contributed by atoms with E-state index >= 15 is 0 Å². The lowest BCUT2D eigenvalue weighted by molar-refractivity contribution is 0.531. The molecule has 2 N–H and O–H groups in total. The van der Waals surface area contributed by atoms with E-state index in [1.54, 1.807) is 11.8 Å². The topological polar surface area (TPSA) is 57.8 Å². The summed E-state index contributed by atoms with van der Waals surface area (Å²) in [6.45, 7) is 2.12. The van der Waals surface area contributed by atoms with Crippen LogP contribution in [-0.4, -0.2) is 28.3 Å². The van der Waals surface area contributed by atoms with Crippen LogP contribution in [0.2, 0.25) is 0 Å². The zero-order chi connectivity index (χ0) is 11.7. The van der Waals surface area contributed by atoms with Gasteiger partial charge < -0.3 is 10.3 Å². The fourth-order valence-electron chi connectivity index (χ4n) is 1.97. The van der Waals surface area contributed by atoms with Gasteiger partial charge in [-0.05, 0) is 37.4 Å². The molecule has 1 aliphatic rings. The van der Waals surface area contributed by atoms with Gasteiger partial charge in [-0.2, -0.15) is 0 Å². The molecule has 1 saturated heterocycles. The SMILES string of the molecule is O=c1[nH]c(SC2CCNCC2)nc2sccc12. The fraction of sp³-hybridized carbons (Fsp3) is 0.455. The highest BCUT2D eigenvalue weighted by Crippen LogP contribution is 2.26. The Hall–Kier alpha value is -0.850. The fourth-order valence-corrected chi connectivity index (χ4v) is 3.88. The molecule has 0 bridgehead atoms. The molecule has 0 radical (unpaired) electrons. The van der Waals surface area contributed by atoms with Crippen LogP contribution < -0.4 is 10.9 Å². The molecular formula is C11H13N3OS2. The second-order valence-electron chi connectivity index (χ2n) is 4.08. The van der Waals surface area contributed by atoms with Crippen LogP contribution in [0.15, 0.2) is 21.4 Å². The minimum atomic E-state index is -0.0207.